The maximum Gasteiger partial charge on any atom is 0.321 e. The lowest BCUT2D eigenvalue weighted by atomic mass is 9.88. The molecule has 1 unspecified atom stereocenters. The molecule has 0 heterocycles. The zero-order valence-electron chi connectivity index (χ0n) is 11.6. The van der Waals surface area contributed by atoms with Gasteiger partial charge in [0.05, 0.1) is 6.42 Å². The first-order valence-corrected chi connectivity index (χ1v) is 6.93. The van der Waals surface area contributed by atoms with Gasteiger partial charge < -0.3 is 10.4 Å². The molecule has 6 heteroatoms. The molecule has 0 aliphatic heterocycles. The molecular weight excluding hydrogens is 272 g/mol. The van der Waals surface area contributed by atoms with E-state index in [1.807, 2.05) is 18.2 Å². The average Bonchev–Trinajstić information content (AvgIpc) is 2.45. The minimum atomic E-state index is -1.06. The predicted molar refractivity (Wildman–Crippen MR) is 75.8 cm³/mol. The molecule has 2 rings (SSSR count). The van der Waals surface area contributed by atoms with Crippen LogP contribution in [-0.4, -0.2) is 29.1 Å². The number of urea groups is 1. The van der Waals surface area contributed by atoms with E-state index in [9.17, 15) is 14.4 Å². The largest absolute Gasteiger partial charge is 0.481 e. The van der Waals surface area contributed by atoms with Gasteiger partial charge in [-0.2, -0.15) is 0 Å². The van der Waals surface area contributed by atoms with Crippen LogP contribution in [0.1, 0.15) is 30.4 Å². The Bertz CT molecular complexity index is 556. The highest BCUT2D eigenvalue weighted by Gasteiger charge is 2.20. The van der Waals surface area contributed by atoms with Crippen LogP contribution in [0.3, 0.4) is 0 Å². The number of carbonyl (C=O) groups excluding carboxylic acids is 2. The number of aliphatic carboxylic acids is 1. The van der Waals surface area contributed by atoms with E-state index >= 15 is 0 Å². The van der Waals surface area contributed by atoms with Crippen LogP contribution in [0.25, 0.3) is 0 Å². The summed E-state index contributed by atoms with van der Waals surface area (Å²) < 4.78 is 0. The van der Waals surface area contributed by atoms with Crippen LogP contribution in [0.15, 0.2) is 24.3 Å². The third-order valence-electron chi connectivity index (χ3n) is 3.50. The molecule has 112 valence electrons. The number of carboxylic acid groups (broad SMARTS) is 1. The van der Waals surface area contributed by atoms with Gasteiger partial charge in [-0.05, 0) is 30.4 Å². The number of hydrogen-bond acceptors (Lipinski definition) is 3. The Morgan fingerprint density at radius 3 is 2.57 bits per heavy atom. The molecule has 1 atom stereocenters. The van der Waals surface area contributed by atoms with Crippen LogP contribution in [0, 0.1) is 0 Å². The first kappa shape index (κ1) is 15.0. The van der Waals surface area contributed by atoms with Crippen molar-refractivity contribution in [3.63, 3.8) is 0 Å². The van der Waals surface area contributed by atoms with Crippen molar-refractivity contribution >= 4 is 17.9 Å². The smallest absolute Gasteiger partial charge is 0.321 e. The Balaban J connectivity index is 1.79. The minimum absolute atomic E-state index is 0.00725. The number of aryl methyl sites for hydroxylation is 1. The maximum absolute atomic E-state index is 11.7. The van der Waals surface area contributed by atoms with Crippen LogP contribution >= 0.6 is 0 Å². The molecule has 3 N–H and O–H groups in total. The first-order valence-electron chi connectivity index (χ1n) is 6.93. The van der Waals surface area contributed by atoms with Gasteiger partial charge in [0.15, 0.2) is 0 Å². The van der Waals surface area contributed by atoms with Gasteiger partial charge in [0.1, 0.15) is 0 Å². The summed E-state index contributed by atoms with van der Waals surface area (Å²) >= 11 is 0. The second kappa shape index (κ2) is 6.88. The summed E-state index contributed by atoms with van der Waals surface area (Å²) in [6, 6.07) is 7.53. The van der Waals surface area contributed by atoms with Crippen molar-refractivity contribution in [3.8, 4) is 0 Å². The number of hydrogen-bond donors (Lipinski definition) is 3. The van der Waals surface area contributed by atoms with Gasteiger partial charge in [-0.3, -0.25) is 14.9 Å². The number of fused-ring (bicyclic) bond motifs is 1. The van der Waals surface area contributed by atoms with Gasteiger partial charge in [-0.15, -0.1) is 0 Å². The Hall–Kier alpha value is -2.37. The van der Waals surface area contributed by atoms with E-state index < -0.39 is 17.9 Å². The number of rotatable bonds is 4. The van der Waals surface area contributed by atoms with Crippen LogP contribution in [0.2, 0.25) is 0 Å². The molecule has 0 aromatic heterocycles. The van der Waals surface area contributed by atoms with Crippen LogP contribution in [0.4, 0.5) is 4.79 Å². The van der Waals surface area contributed by atoms with E-state index in [2.05, 4.69) is 16.7 Å². The molecular formula is C15H18N2O4. The molecule has 6 nitrogen and oxygen atoms in total. The summed E-state index contributed by atoms with van der Waals surface area (Å²) in [7, 11) is 0. The van der Waals surface area contributed by atoms with Crippen molar-refractivity contribution in [1.82, 2.24) is 10.6 Å². The normalized spacial score (nSPS) is 16.7. The number of amides is 3. The van der Waals surface area contributed by atoms with Gasteiger partial charge >= 0.3 is 12.0 Å². The molecule has 0 bridgehead atoms. The third-order valence-corrected chi connectivity index (χ3v) is 3.50. The number of imide groups is 1. The van der Waals surface area contributed by atoms with Gasteiger partial charge in [0.2, 0.25) is 5.91 Å². The van der Waals surface area contributed by atoms with Gasteiger partial charge in [-0.1, -0.05) is 24.3 Å². The molecule has 0 spiro atoms. The highest BCUT2D eigenvalue weighted by Crippen LogP contribution is 2.20. The average molecular weight is 290 g/mol. The predicted octanol–water partition coefficient (Wildman–Crippen LogP) is 1.23. The summed E-state index contributed by atoms with van der Waals surface area (Å²) in [6.07, 6.45) is 1.99. The van der Waals surface area contributed by atoms with Crippen LogP contribution < -0.4 is 10.6 Å². The van der Waals surface area contributed by atoms with Crippen molar-refractivity contribution in [1.29, 1.82) is 0 Å². The molecule has 1 aliphatic carbocycles. The van der Waals surface area contributed by atoms with Crippen LogP contribution in [-0.2, 0) is 22.4 Å². The lowest BCUT2D eigenvalue weighted by Crippen LogP contribution is -2.46. The third kappa shape index (κ3) is 4.59. The van der Waals surface area contributed by atoms with Crippen molar-refractivity contribution in [3.05, 3.63) is 35.4 Å². The molecule has 0 radical (unpaired) electrons. The second-order valence-corrected chi connectivity index (χ2v) is 5.12. The van der Waals surface area contributed by atoms with Crippen molar-refractivity contribution in [2.75, 3.05) is 0 Å². The minimum Gasteiger partial charge on any atom is -0.481 e. The standard InChI is InChI=1S/C15H18N2O4/c18-13(7-8-14(19)20)17-15(21)16-12-6-5-10-3-1-2-4-11(10)9-12/h1-4,12H,5-9H2,(H,19,20)(H2,16,17,18,21). The molecule has 0 saturated heterocycles. The summed E-state index contributed by atoms with van der Waals surface area (Å²) in [6.45, 7) is 0. The van der Waals surface area contributed by atoms with E-state index in [1.54, 1.807) is 0 Å². The first-order chi connectivity index (χ1) is 10.0. The molecule has 3 amide bonds. The van der Waals surface area contributed by atoms with Crippen LogP contribution in [0.5, 0.6) is 0 Å². The van der Waals surface area contributed by atoms with Gasteiger partial charge in [0, 0.05) is 12.5 Å². The fourth-order valence-corrected chi connectivity index (χ4v) is 2.45. The molecule has 1 aromatic carbocycles. The van der Waals surface area contributed by atoms with Gasteiger partial charge in [0.25, 0.3) is 0 Å². The number of benzene rings is 1. The molecule has 1 aliphatic rings. The van der Waals surface area contributed by atoms with E-state index in [4.69, 9.17) is 5.11 Å². The monoisotopic (exact) mass is 290 g/mol. The highest BCUT2D eigenvalue weighted by atomic mass is 16.4. The lowest BCUT2D eigenvalue weighted by Gasteiger charge is -2.25. The van der Waals surface area contributed by atoms with E-state index in [1.165, 1.54) is 11.1 Å². The summed E-state index contributed by atoms with van der Waals surface area (Å²) in [4.78, 5) is 33.4. The Morgan fingerprint density at radius 1 is 1.14 bits per heavy atom. The Morgan fingerprint density at radius 2 is 1.86 bits per heavy atom. The summed E-state index contributed by atoms with van der Waals surface area (Å²) in [5.41, 5.74) is 2.51. The van der Waals surface area contributed by atoms with Crippen molar-refractivity contribution in [2.45, 2.75) is 38.1 Å². The Labute approximate surface area is 122 Å². The van der Waals surface area contributed by atoms with E-state index in [0.29, 0.717) is 0 Å². The van der Waals surface area contributed by atoms with Crippen molar-refractivity contribution in [2.24, 2.45) is 0 Å². The topological polar surface area (TPSA) is 95.5 Å². The molecule has 1 aromatic rings. The SMILES string of the molecule is O=C(O)CCC(=O)NC(=O)NC1CCc2ccccc2C1. The maximum atomic E-state index is 11.7. The molecule has 21 heavy (non-hydrogen) atoms. The zero-order valence-corrected chi connectivity index (χ0v) is 11.6. The quantitative estimate of drug-likeness (QED) is 0.777. The van der Waals surface area contributed by atoms with Crippen molar-refractivity contribution < 1.29 is 19.5 Å². The second-order valence-electron chi connectivity index (χ2n) is 5.12. The number of nitrogens with one attached hydrogen (secondary N) is 2. The Kier molecular flexibility index (Phi) is 4.92. The lowest BCUT2D eigenvalue weighted by molar-refractivity contribution is -0.138. The molecule has 0 saturated carbocycles. The van der Waals surface area contributed by atoms with Gasteiger partial charge in [-0.25, -0.2) is 4.79 Å². The fraction of sp³-hybridized carbons (Fsp3) is 0.400. The summed E-state index contributed by atoms with van der Waals surface area (Å²) in [5, 5.41) is 13.4. The highest BCUT2D eigenvalue weighted by molar-refractivity contribution is 5.95. The fourth-order valence-electron chi connectivity index (χ4n) is 2.45. The summed E-state index contributed by atoms with van der Waals surface area (Å²) in [5.74, 6) is -1.64. The molecule has 0 fully saturated rings. The number of carbonyl (C=O) groups is 3. The van der Waals surface area contributed by atoms with E-state index in [0.717, 1.165) is 19.3 Å². The zero-order chi connectivity index (χ0) is 15.2. The van der Waals surface area contributed by atoms with E-state index in [-0.39, 0.29) is 18.9 Å². The number of carboxylic acids is 1.